The average molecular weight is 510 g/mol. The maximum atomic E-state index is 14.0. The molecule has 1 aliphatic carbocycles. The fourth-order valence-electron chi connectivity index (χ4n) is 5.63. The second kappa shape index (κ2) is 9.69. The third-order valence-electron chi connectivity index (χ3n) is 7.67. The number of hydrogen-bond acceptors (Lipinski definition) is 4. The molecule has 1 atom stereocenters. The van der Waals surface area contributed by atoms with Crippen LogP contribution in [0.4, 0.5) is 0 Å². The number of nitrogens with one attached hydrogen (secondary N) is 1. The normalized spacial score (nSPS) is 20.3. The van der Waals surface area contributed by atoms with Gasteiger partial charge < -0.3 is 24.3 Å². The van der Waals surface area contributed by atoms with Gasteiger partial charge in [-0.3, -0.25) is 9.59 Å². The molecule has 3 aromatic rings. The molecular weight excluding hydrogens is 478 g/mol. The van der Waals surface area contributed by atoms with Gasteiger partial charge in [0, 0.05) is 28.7 Å². The quantitative estimate of drug-likeness (QED) is 0.522. The van der Waals surface area contributed by atoms with E-state index in [1.165, 1.54) is 0 Å². The minimum atomic E-state index is -1.15. The second-order valence-electron chi connectivity index (χ2n) is 9.93. The first kappa shape index (κ1) is 24.5. The molecule has 0 radical (unpaired) electrons. The molecule has 2 amide bonds. The van der Waals surface area contributed by atoms with E-state index in [1.807, 2.05) is 49.4 Å². The lowest BCUT2D eigenvalue weighted by molar-refractivity contribution is -0.147. The number of fused-ring (bicyclic) bond motifs is 3. The maximum Gasteiger partial charge on any atom is 0.247 e. The van der Waals surface area contributed by atoms with E-state index >= 15 is 0 Å². The number of ether oxygens (including phenoxy) is 2. The van der Waals surface area contributed by atoms with Crippen LogP contribution in [0.5, 0.6) is 11.5 Å². The van der Waals surface area contributed by atoms with Crippen molar-refractivity contribution in [2.45, 2.75) is 63.7 Å². The van der Waals surface area contributed by atoms with Crippen molar-refractivity contribution in [2.75, 3.05) is 14.2 Å². The van der Waals surface area contributed by atoms with Gasteiger partial charge in [-0.15, -0.1) is 0 Å². The monoisotopic (exact) mass is 509 g/mol. The zero-order chi connectivity index (χ0) is 25.4. The molecule has 1 aliphatic heterocycles. The number of halogens is 1. The molecule has 2 aliphatic rings. The van der Waals surface area contributed by atoms with E-state index in [2.05, 4.69) is 9.88 Å². The lowest BCUT2D eigenvalue weighted by atomic mass is 9.96. The van der Waals surface area contributed by atoms with Crippen LogP contribution in [0.15, 0.2) is 42.5 Å². The van der Waals surface area contributed by atoms with Crippen molar-refractivity contribution in [1.29, 1.82) is 0 Å². The molecule has 1 N–H and O–H groups in total. The summed E-state index contributed by atoms with van der Waals surface area (Å²) in [5.41, 5.74) is 1.30. The molecule has 2 aromatic carbocycles. The average Bonchev–Trinajstić information content (AvgIpc) is 3.48. The zero-order valence-electron chi connectivity index (χ0n) is 21.0. The van der Waals surface area contributed by atoms with Crippen molar-refractivity contribution < 1.29 is 19.1 Å². The Balaban J connectivity index is 1.64. The SMILES string of the molecule is COc1ccc(OC)c2c1cc1n2CC(C)(C(=O)NC2CCCC2)N(Cc2ccccc2Cl)C(=O)C1. The van der Waals surface area contributed by atoms with Crippen LogP contribution in [0.25, 0.3) is 10.9 Å². The number of rotatable bonds is 6. The van der Waals surface area contributed by atoms with Crippen LogP contribution in [0.2, 0.25) is 5.02 Å². The van der Waals surface area contributed by atoms with Gasteiger partial charge in [-0.05, 0) is 49.6 Å². The predicted molar refractivity (Wildman–Crippen MR) is 140 cm³/mol. The van der Waals surface area contributed by atoms with Gasteiger partial charge in [0.1, 0.15) is 17.0 Å². The smallest absolute Gasteiger partial charge is 0.247 e. The third-order valence-corrected chi connectivity index (χ3v) is 8.04. The van der Waals surface area contributed by atoms with Gasteiger partial charge >= 0.3 is 0 Å². The van der Waals surface area contributed by atoms with Crippen LogP contribution in [0.3, 0.4) is 0 Å². The summed E-state index contributed by atoms with van der Waals surface area (Å²) in [6.07, 6.45) is 4.28. The summed E-state index contributed by atoms with van der Waals surface area (Å²) in [4.78, 5) is 29.6. The highest BCUT2D eigenvalue weighted by Crippen LogP contribution is 2.39. The number of aromatic nitrogens is 1. The number of carbonyl (C=O) groups excluding carboxylic acids is 2. The molecular formula is C28H32ClN3O4. The van der Waals surface area contributed by atoms with Crippen molar-refractivity contribution in [1.82, 2.24) is 14.8 Å². The molecule has 1 unspecified atom stereocenters. The molecule has 8 heteroatoms. The maximum absolute atomic E-state index is 14.0. The van der Waals surface area contributed by atoms with Crippen LogP contribution >= 0.6 is 11.6 Å². The highest BCUT2D eigenvalue weighted by Gasteiger charge is 2.46. The molecule has 1 saturated carbocycles. The lowest BCUT2D eigenvalue weighted by Gasteiger charge is -2.40. The Morgan fingerprint density at radius 1 is 1.11 bits per heavy atom. The molecule has 0 bridgehead atoms. The molecule has 190 valence electrons. The van der Waals surface area contributed by atoms with Gasteiger partial charge in [0.2, 0.25) is 11.8 Å². The Morgan fingerprint density at radius 3 is 2.50 bits per heavy atom. The summed E-state index contributed by atoms with van der Waals surface area (Å²) in [7, 11) is 3.25. The lowest BCUT2D eigenvalue weighted by Crippen LogP contribution is -2.61. The number of nitrogens with zero attached hydrogens (tertiary/aromatic N) is 2. The first-order valence-corrected chi connectivity index (χ1v) is 12.8. The molecule has 36 heavy (non-hydrogen) atoms. The standard InChI is InChI=1S/C28H32ClN3O4/c1-28(27(34)30-19-9-5-6-10-19)17-31-20(14-21-23(35-2)12-13-24(36-3)26(21)31)15-25(33)32(28)16-18-8-4-7-11-22(18)29/h4,7-8,11-14,19H,5-6,9-10,15-17H2,1-3H3,(H,30,34). The molecule has 0 spiro atoms. The summed E-state index contributed by atoms with van der Waals surface area (Å²) in [6.45, 7) is 2.39. The van der Waals surface area contributed by atoms with Crippen molar-refractivity contribution in [3.8, 4) is 11.5 Å². The summed E-state index contributed by atoms with van der Waals surface area (Å²) >= 11 is 6.49. The van der Waals surface area contributed by atoms with Crippen molar-refractivity contribution >= 4 is 34.3 Å². The first-order chi connectivity index (χ1) is 17.4. The number of benzene rings is 2. The second-order valence-corrected chi connectivity index (χ2v) is 10.3. The summed E-state index contributed by atoms with van der Waals surface area (Å²) in [5, 5.41) is 4.69. The topological polar surface area (TPSA) is 72.8 Å². The molecule has 1 fully saturated rings. The third kappa shape index (κ3) is 4.19. The van der Waals surface area contributed by atoms with E-state index < -0.39 is 5.54 Å². The van der Waals surface area contributed by atoms with Crippen LogP contribution in [0.1, 0.15) is 43.9 Å². The predicted octanol–water partition coefficient (Wildman–Crippen LogP) is 4.71. The molecule has 5 rings (SSSR count). The Bertz CT molecular complexity index is 1310. The molecule has 1 aromatic heterocycles. The van der Waals surface area contributed by atoms with E-state index in [-0.39, 0.29) is 37.4 Å². The summed E-state index contributed by atoms with van der Waals surface area (Å²) in [5.74, 6) is 1.09. The number of hydrogen-bond donors (Lipinski definition) is 1. The highest BCUT2D eigenvalue weighted by molar-refractivity contribution is 6.31. The van der Waals surface area contributed by atoms with Gasteiger partial charge in [0.05, 0.1) is 32.7 Å². The minimum Gasteiger partial charge on any atom is -0.496 e. The van der Waals surface area contributed by atoms with E-state index in [1.54, 1.807) is 19.1 Å². The van der Waals surface area contributed by atoms with Crippen molar-refractivity contribution in [2.24, 2.45) is 0 Å². The minimum absolute atomic E-state index is 0.126. The van der Waals surface area contributed by atoms with Gasteiger partial charge in [0.25, 0.3) is 0 Å². The Hall–Kier alpha value is -3.19. The van der Waals surface area contributed by atoms with E-state index in [9.17, 15) is 9.59 Å². The molecule has 7 nitrogen and oxygen atoms in total. The largest absolute Gasteiger partial charge is 0.496 e. The molecule has 2 heterocycles. The van der Waals surface area contributed by atoms with Crippen molar-refractivity contribution in [3.63, 3.8) is 0 Å². The zero-order valence-corrected chi connectivity index (χ0v) is 21.7. The number of amides is 2. The Morgan fingerprint density at radius 2 is 1.81 bits per heavy atom. The first-order valence-electron chi connectivity index (χ1n) is 12.4. The van der Waals surface area contributed by atoms with Crippen LogP contribution in [-0.2, 0) is 29.1 Å². The summed E-state index contributed by atoms with van der Waals surface area (Å²) < 4.78 is 13.4. The van der Waals surface area contributed by atoms with Crippen molar-refractivity contribution in [3.05, 3.63) is 58.7 Å². The van der Waals surface area contributed by atoms with Gasteiger partial charge in [-0.2, -0.15) is 0 Å². The van der Waals surface area contributed by atoms with E-state index in [0.29, 0.717) is 16.5 Å². The fraction of sp³-hybridized carbons (Fsp3) is 0.429. The van der Waals surface area contributed by atoms with Crippen LogP contribution < -0.4 is 14.8 Å². The Labute approximate surface area is 216 Å². The van der Waals surface area contributed by atoms with Gasteiger partial charge in [-0.1, -0.05) is 42.6 Å². The van der Waals surface area contributed by atoms with E-state index in [0.717, 1.165) is 47.8 Å². The highest BCUT2D eigenvalue weighted by atomic mass is 35.5. The number of carbonyl (C=O) groups is 2. The Kier molecular flexibility index (Phi) is 6.60. The van der Waals surface area contributed by atoms with Crippen LogP contribution in [0, 0.1) is 0 Å². The number of methoxy groups -OCH3 is 2. The van der Waals surface area contributed by atoms with Gasteiger partial charge in [-0.25, -0.2) is 0 Å². The summed E-state index contributed by atoms with van der Waals surface area (Å²) in [6, 6.07) is 13.3. The molecule has 0 saturated heterocycles. The van der Waals surface area contributed by atoms with Crippen LogP contribution in [-0.4, -0.2) is 47.1 Å². The van der Waals surface area contributed by atoms with E-state index in [4.69, 9.17) is 21.1 Å². The fourth-order valence-corrected chi connectivity index (χ4v) is 5.82. The van der Waals surface area contributed by atoms with Gasteiger partial charge in [0.15, 0.2) is 0 Å².